The molecule has 0 aromatic carbocycles. The fourth-order valence-electron chi connectivity index (χ4n) is 3.32. The molecule has 1 heterocycles. The molecule has 1 saturated heterocycles. The average Bonchev–Trinajstić information content (AvgIpc) is 2.82. The molecule has 1 aliphatic heterocycles. The topological polar surface area (TPSA) is 78.3 Å². The lowest BCUT2D eigenvalue weighted by atomic mass is 9.82. The second-order valence-electron chi connectivity index (χ2n) is 5.05. The number of hydrogen-bond acceptors (Lipinski definition) is 3. The number of likely N-dealkylation sites (tertiary alicyclic amines) is 1. The summed E-state index contributed by atoms with van der Waals surface area (Å²) in [5, 5.41) is 3.34. The van der Waals surface area contributed by atoms with Crippen LogP contribution in [0.4, 0.5) is 0 Å². The van der Waals surface area contributed by atoms with Crippen LogP contribution in [0.25, 0.3) is 10.4 Å². The first-order valence-electron chi connectivity index (χ1n) is 5.99. The molecule has 0 aromatic heterocycles. The predicted molar refractivity (Wildman–Crippen MR) is 62.2 cm³/mol. The van der Waals surface area contributed by atoms with E-state index in [1.807, 2.05) is 4.90 Å². The van der Waals surface area contributed by atoms with Gasteiger partial charge in [-0.25, -0.2) is 0 Å². The minimum absolute atomic E-state index is 0.0623. The number of methoxy groups -OCH3 is 1. The second-order valence-corrected chi connectivity index (χ2v) is 5.05. The van der Waals surface area contributed by atoms with Gasteiger partial charge in [0.05, 0.1) is 6.61 Å². The molecule has 6 nitrogen and oxygen atoms in total. The summed E-state index contributed by atoms with van der Waals surface area (Å²) in [5.74, 6) is 0.491. The number of nitrogens with zero attached hydrogens (tertiary/aromatic N) is 4. The van der Waals surface area contributed by atoms with Gasteiger partial charge in [-0.15, -0.1) is 0 Å². The van der Waals surface area contributed by atoms with Crippen LogP contribution >= 0.6 is 0 Å². The Balaban J connectivity index is 2.02. The first kappa shape index (κ1) is 12.2. The third-order valence-corrected chi connectivity index (χ3v) is 4.09. The normalized spacial score (nSPS) is 31.1. The van der Waals surface area contributed by atoms with Gasteiger partial charge in [-0.2, -0.15) is 0 Å². The van der Waals surface area contributed by atoms with Crippen LogP contribution in [-0.2, 0) is 9.53 Å². The van der Waals surface area contributed by atoms with Gasteiger partial charge >= 0.3 is 0 Å². The van der Waals surface area contributed by atoms with Gasteiger partial charge in [0.2, 0.25) is 5.91 Å². The van der Waals surface area contributed by atoms with Crippen LogP contribution in [0.3, 0.4) is 0 Å². The standard InChI is InChI=1S/C11H18N4O2/c1-17-8-11-4-2-3-9(11)6-15(7-11)10(16)5-13-14-12/h9H,2-8H2,1H3/t9-,11+/m0/s1. The van der Waals surface area contributed by atoms with E-state index in [4.69, 9.17) is 10.3 Å². The Morgan fingerprint density at radius 1 is 1.71 bits per heavy atom. The Morgan fingerprint density at radius 3 is 3.24 bits per heavy atom. The predicted octanol–water partition coefficient (Wildman–Crippen LogP) is 1.57. The fraction of sp³-hybridized carbons (Fsp3) is 0.909. The zero-order valence-electron chi connectivity index (χ0n) is 10.1. The molecule has 17 heavy (non-hydrogen) atoms. The van der Waals surface area contributed by atoms with E-state index >= 15 is 0 Å². The van der Waals surface area contributed by atoms with Crippen molar-refractivity contribution in [3.8, 4) is 0 Å². The highest BCUT2D eigenvalue weighted by molar-refractivity contribution is 5.78. The maximum absolute atomic E-state index is 11.8. The lowest BCUT2D eigenvalue weighted by Gasteiger charge is -2.27. The molecular formula is C11H18N4O2. The lowest BCUT2D eigenvalue weighted by Crippen LogP contribution is -2.35. The van der Waals surface area contributed by atoms with Crippen molar-refractivity contribution in [2.45, 2.75) is 19.3 Å². The van der Waals surface area contributed by atoms with Crippen LogP contribution in [-0.4, -0.2) is 44.2 Å². The molecule has 6 heteroatoms. The van der Waals surface area contributed by atoms with Crippen molar-refractivity contribution in [2.24, 2.45) is 16.4 Å². The van der Waals surface area contributed by atoms with E-state index in [9.17, 15) is 4.79 Å². The van der Waals surface area contributed by atoms with Crippen LogP contribution < -0.4 is 0 Å². The molecule has 2 atom stereocenters. The van der Waals surface area contributed by atoms with Crippen molar-refractivity contribution >= 4 is 5.91 Å². The summed E-state index contributed by atoms with van der Waals surface area (Å²) in [5.41, 5.74) is 8.38. The quantitative estimate of drug-likeness (QED) is 0.423. The number of fused-ring (bicyclic) bond motifs is 1. The second kappa shape index (κ2) is 4.94. The van der Waals surface area contributed by atoms with E-state index in [0.717, 1.165) is 26.1 Å². The van der Waals surface area contributed by atoms with E-state index in [2.05, 4.69) is 10.0 Å². The van der Waals surface area contributed by atoms with E-state index in [0.29, 0.717) is 5.92 Å². The van der Waals surface area contributed by atoms with E-state index in [1.165, 1.54) is 12.8 Å². The molecule has 2 rings (SSSR count). The van der Waals surface area contributed by atoms with Gasteiger partial charge in [0.1, 0.15) is 6.54 Å². The van der Waals surface area contributed by atoms with E-state index in [-0.39, 0.29) is 17.9 Å². The molecule has 2 aliphatic rings. The van der Waals surface area contributed by atoms with Crippen molar-refractivity contribution in [3.63, 3.8) is 0 Å². The smallest absolute Gasteiger partial charge is 0.228 e. The molecule has 0 bridgehead atoms. The van der Waals surface area contributed by atoms with Crippen LogP contribution in [0.2, 0.25) is 0 Å². The Hall–Kier alpha value is -1.26. The van der Waals surface area contributed by atoms with Crippen LogP contribution in [0.15, 0.2) is 5.11 Å². The number of hydrogen-bond donors (Lipinski definition) is 0. The van der Waals surface area contributed by atoms with E-state index < -0.39 is 0 Å². The molecule has 0 spiro atoms. The monoisotopic (exact) mass is 238 g/mol. The van der Waals surface area contributed by atoms with Crippen LogP contribution in [0.5, 0.6) is 0 Å². The summed E-state index contributed by atoms with van der Waals surface area (Å²) >= 11 is 0. The maximum Gasteiger partial charge on any atom is 0.228 e. The summed E-state index contributed by atoms with van der Waals surface area (Å²) in [6, 6.07) is 0. The summed E-state index contributed by atoms with van der Waals surface area (Å²) < 4.78 is 5.32. The summed E-state index contributed by atoms with van der Waals surface area (Å²) in [6.45, 7) is 2.21. The highest BCUT2D eigenvalue weighted by Crippen LogP contribution is 2.48. The summed E-state index contributed by atoms with van der Waals surface area (Å²) in [7, 11) is 1.72. The van der Waals surface area contributed by atoms with Crippen LogP contribution in [0, 0.1) is 11.3 Å². The van der Waals surface area contributed by atoms with Gasteiger partial charge in [-0.05, 0) is 24.3 Å². The number of amides is 1. The molecule has 1 amide bonds. The third-order valence-electron chi connectivity index (χ3n) is 4.09. The zero-order chi connectivity index (χ0) is 12.3. The maximum atomic E-state index is 11.8. The number of carbonyl (C=O) groups is 1. The Bertz CT molecular complexity index is 353. The Kier molecular flexibility index (Phi) is 3.54. The molecular weight excluding hydrogens is 220 g/mol. The van der Waals surface area contributed by atoms with Gasteiger partial charge < -0.3 is 9.64 Å². The van der Waals surface area contributed by atoms with Crippen molar-refractivity contribution in [2.75, 3.05) is 33.4 Å². The molecule has 1 aliphatic carbocycles. The number of azide groups is 1. The lowest BCUT2D eigenvalue weighted by molar-refractivity contribution is -0.129. The molecule has 0 aromatic rings. The first-order chi connectivity index (χ1) is 8.22. The van der Waals surface area contributed by atoms with Gasteiger partial charge in [0.25, 0.3) is 0 Å². The van der Waals surface area contributed by atoms with Crippen LogP contribution in [0.1, 0.15) is 19.3 Å². The van der Waals surface area contributed by atoms with Gasteiger partial charge in [-0.3, -0.25) is 4.79 Å². The molecule has 0 N–H and O–H groups in total. The first-order valence-corrected chi connectivity index (χ1v) is 5.99. The van der Waals surface area contributed by atoms with Gasteiger partial charge in [0, 0.05) is 30.5 Å². The largest absolute Gasteiger partial charge is 0.384 e. The van der Waals surface area contributed by atoms with Crippen molar-refractivity contribution < 1.29 is 9.53 Å². The van der Waals surface area contributed by atoms with Crippen molar-refractivity contribution in [1.82, 2.24) is 4.90 Å². The molecule has 0 radical (unpaired) electrons. The van der Waals surface area contributed by atoms with E-state index in [1.54, 1.807) is 7.11 Å². The van der Waals surface area contributed by atoms with Gasteiger partial charge in [-0.1, -0.05) is 11.5 Å². The van der Waals surface area contributed by atoms with Crippen molar-refractivity contribution in [3.05, 3.63) is 10.4 Å². The number of carbonyl (C=O) groups excluding carboxylic acids is 1. The zero-order valence-corrected chi connectivity index (χ0v) is 10.1. The Labute approximate surface area is 101 Å². The number of ether oxygens (including phenoxy) is 1. The average molecular weight is 238 g/mol. The minimum atomic E-state index is -0.0632. The third kappa shape index (κ3) is 2.23. The minimum Gasteiger partial charge on any atom is -0.384 e. The number of rotatable bonds is 4. The molecule has 0 unspecified atom stereocenters. The molecule has 2 fully saturated rings. The highest BCUT2D eigenvalue weighted by Gasteiger charge is 2.50. The van der Waals surface area contributed by atoms with Gasteiger partial charge in [0.15, 0.2) is 0 Å². The molecule has 1 saturated carbocycles. The summed E-state index contributed by atoms with van der Waals surface area (Å²) in [4.78, 5) is 16.3. The van der Waals surface area contributed by atoms with Crippen molar-refractivity contribution in [1.29, 1.82) is 0 Å². The summed E-state index contributed by atoms with van der Waals surface area (Å²) in [6.07, 6.45) is 3.54. The SMILES string of the molecule is COC[C@]12CCC[C@H]1CN(C(=O)CN=[N+]=[N-])C2. The molecule has 94 valence electrons. The Morgan fingerprint density at radius 2 is 2.53 bits per heavy atom. The fourth-order valence-corrected chi connectivity index (χ4v) is 3.32. The highest BCUT2D eigenvalue weighted by atomic mass is 16.5.